The van der Waals surface area contributed by atoms with Gasteiger partial charge >= 0.3 is 5.97 Å². The fourth-order valence-corrected chi connectivity index (χ4v) is 3.07. The van der Waals surface area contributed by atoms with Crippen molar-refractivity contribution in [1.29, 1.82) is 5.26 Å². The second-order valence-electron chi connectivity index (χ2n) is 6.03. The summed E-state index contributed by atoms with van der Waals surface area (Å²) in [6.45, 7) is 4.54. The van der Waals surface area contributed by atoms with E-state index in [9.17, 15) is 9.90 Å². The summed E-state index contributed by atoms with van der Waals surface area (Å²) >= 11 is 0. The number of hydrogen-bond acceptors (Lipinski definition) is 5. The first-order valence-corrected chi connectivity index (χ1v) is 8.18. The van der Waals surface area contributed by atoms with Crippen molar-refractivity contribution in [1.82, 2.24) is 4.90 Å². The fraction of sp³-hybridized carbons (Fsp3) is 0.556. The molecule has 0 radical (unpaired) electrons. The number of β-amino-alcohol motifs (C(OH)–C–C–N with tert-alkyl or cyclic N) is 1. The second-order valence-corrected chi connectivity index (χ2v) is 6.03. The molecule has 1 aromatic carbocycles. The van der Waals surface area contributed by atoms with Gasteiger partial charge in [-0.1, -0.05) is 12.1 Å². The Hall–Kier alpha value is -1.90. The van der Waals surface area contributed by atoms with Crippen LogP contribution < -0.4 is 0 Å². The minimum absolute atomic E-state index is 0.132. The van der Waals surface area contributed by atoms with E-state index < -0.39 is 6.10 Å². The van der Waals surface area contributed by atoms with Crippen molar-refractivity contribution in [2.24, 2.45) is 5.92 Å². The maximum absolute atomic E-state index is 11.6. The lowest BCUT2D eigenvalue weighted by Crippen LogP contribution is -2.38. The normalized spacial score (nSPS) is 19.8. The van der Waals surface area contributed by atoms with Crippen LogP contribution in [0.5, 0.6) is 0 Å². The van der Waals surface area contributed by atoms with Gasteiger partial charge in [-0.15, -0.1) is 0 Å². The zero-order valence-electron chi connectivity index (χ0n) is 13.6. The second kappa shape index (κ2) is 8.66. The van der Waals surface area contributed by atoms with Gasteiger partial charge in [-0.25, -0.2) is 0 Å². The van der Waals surface area contributed by atoms with Gasteiger partial charge in [0.2, 0.25) is 0 Å². The molecule has 2 atom stereocenters. The lowest BCUT2D eigenvalue weighted by atomic mass is 9.94. The van der Waals surface area contributed by atoms with Crippen molar-refractivity contribution in [3.05, 3.63) is 35.4 Å². The van der Waals surface area contributed by atoms with Gasteiger partial charge in [0.25, 0.3) is 0 Å². The minimum Gasteiger partial charge on any atom is -0.466 e. The van der Waals surface area contributed by atoms with Crippen LogP contribution in [0.15, 0.2) is 24.3 Å². The molecule has 1 N–H and O–H groups in total. The Bertz CT molecular complexity index is 550. The van der Waals surface area contributed by atoms with Crippen LogP contribution in [0, 0.1) is 17.2 Å². The van der Waals surface area contributed by atoms with E-state index >= 15 is 0 Å². The van der Waals surface area contributed by atoms with Gasteiger partial charge in [0.1, 0.15) is 0 Å². The lowest BCUT2D eigenvalue weighted by Gasteiger charge is -2.33. The third-order valence-corrected chi connectivity index (χ3v) is 4.22. The lowest BCUT2D eigenvalue weighted by molar-refractivity contribution is -0.144. The van der Waals surface area contributed by atoms with E-state index in [0.717, 1.165) is 31.5 Å². The molecule has 2 rings (SSSR count). The average molecular weight is 316 g/mol. The first kappa shape index (κ1) is 17.5. The highest BCUT2D eigenvalue weighted by molar-refractivity contribution is 5.69. The Morgan fingerprint density at radius 1 is 1.48 bits per heavy atom. The molecule has 124 valence electrons. The highest BCUT2D eigenvalue weighted by Crippen LogP contribution is 2.23. The molecular formula is C18H24N2O3. The van der Waals surface area contributed by atoms with Crippen LogP contribution in [0.2, 0.25) is 0 Å². The molecule has 1 heterocycles. The molecule has 0 saturated carbocycles. The van der Waals surface area contributed by atoms with E-state index in [-0.39, 0.29) is 5.97 Å². The summed E-state index contributed by atoms with van der Waals surface area (Å²) in [7, 11) is 0. The molecule has 0 aromatic heterocycles. The topological polar surface area (TPSA) is 73.6 Å². The van der Waals surface area contributed by atoms with Gasteiger partial charge in [-0.05, 0) is 49.9 Å². The van der Waals surface area contributed by atoms with E-state index in [4.69, 9.17) is 10.00 Å². The number of ether oxygens (including phenoxy) is 1. The van der Waals surface area contributed by atoms with Gasteiger partial charge in [-0.3, -0.25) is 4.79 Å². The minimum atomic E-state index is -0.580. The van der Waals surface area contributed by atoms with Crippen LogP contribution in [0.1, 0.15) is 43.4 Å². The third-order valence-electron chi connectivity index (χ3n) is 4.22. The van der Waals surface area contributed by atoms with Crippen LogP contribution in [0.25, 0.3) is 0 Å². The maximum atomic E-state index is 11.6. The molecule has 0 spiro atoms. The van der Waals surface area contributed by atoms with Gasteiger partial charge in [0, 0.05) is 19.5 Å². The smallest absolute Gasteiger partial charge is 0.306 e. The van der Waals surface area contributed by atoms with Crippen LogP contribution in [-0.4, -0.2) is 42.2 Å². The number of likely N-dealkylation sites (tertiary alicyclic amines) is 1. The van der Waals surface area contributed by atoms with Crippen LogP contribution in [-0.2, 0) is 9.53 Å². The molecule has 5 nitrogen and oxygen atoms in total. The summed E-state index contributed by atoms with van der Waals surface area (Å²) in [5, 5.41) is 19.2. The number of benzene rings is 1. The van der Waals surface area contributed by atoms with Crippen molar-refractivity contribution in [3.63, 3.8) is 0 Å². The number of nitriles is 1. The predicted octanol–water partition coefficient (Wildman–Crippen LogP) is 2.26. The van der Waals surface area contributed by atoms with E-state index in [1.807, 2.05) is 6.92 Å². The van der Waals surface area contributed by atoms with Crippen molar-refractivity contribution >= 4 is 5.97 Å². The highest BCUT2D eigenvalue weighted by atomic mass is 16.5. The van der Waals surface area contributed by atoms with Crippen LogP contribution in [0.4, 0.5) is 0 Å². The first-order chi connectivity index (χ1) is 11.1. The average Bonchev–Trinajstić information content (AvgIpc) is 2.55. The van der Waals surface area contributed by atoms with Gasteiger partial charge in [-0.2, -0.15) is 5.26 Å². The van der Waals surface area contributed by atoms with Gasteiger partial charge in [0.15, 0.2) is 0 Å². The summed E-state index contributed by atoms with van der Waals surface area (Å²) < 4.78 is 5.02. The number of nitrogens with zero attached hydrogens (tertiary/aromatic N) is 2. The molecule has 0 bridgehead atoms. The molecule has 0 aliphatic carbocycles. The highest BCUT2D eigenvalue weighted by Gasteiger charge is 2.24. The molecule has 1 aliphatic heterocycles. The van der Waals surface area contributed by atoms with Gasteiger partial charge in [0.05, 0.1) is 24.3 Å². The SMILES string of the molecule is CCOC(=O)C[C@H]1CCCN(C[C@H](O)c2ccc(C#N)cc2)C1. The molecule has 0 amide bonds. The molecule has 1 saturated heterocycles. The summed E-state index contributed by atoms with van der Waals surface area (Å²) in [6, 6.07) is 9.10. The maximum Gasteiger partial charge on any atom is 0.306 e. The summed E-state index contributed by atoms with van der Waals surface area (Å²) in [5.74, 6) is 0.169. The quantitative estimate of drug-likeness (QED) is 0.815. The summed E-state index contributed by atoms with van der Waals surface area (Å²) in [4.78, 5) is 13.8. The Kier molecular flexibility index (Phi) is 6.57. The number of carbonyl (C=O) groups excluding carboxylic acids is 1. The number of carbonyl (C=O) groups is 1. The standard InChI is InChI=1S/C18H24N2O3/c1-2-23-18(22)10-15-4-3-9-20(12-15)13-17(21)16-7-5-14(11-19)6-8-16/h5-8,15,17,21H,2-4,9-10,12-13H2,1H3/t15-,17+/m1/s1. The molecule has 1 fully saturated rings. The molecule has 1 aromatic rings. The molecule has 23 heavy (non-hydrogen) atoms. The Labute approximate surface area is 137 Å². The third kappa shape index (κ3) is 5.34. The first-order valence-electron chi connectivity index (χ1n) is 8.18. The Morgan fingerprint density at radius 2 is 2.22 bits per heavy atom. The number of aliphatic hydroxyl groups is 1. The largest absolute Gasteiger partial charge is 0.466 e. The van der Waals surface area contributed by atoms with E-state index in [1.165, 1.54) is 0 Å². The van der Waals surface area contributed by atoms with Crippen molar-refractivity contribution in [2.75, 3.05) is 26.2 Å². The van der Waals surface area contributed by atoms with Gasteiger partial charge < -0.3 is 14.7 Å². The number of rotatable bonds is 6. The van der Waals surface area contributed by atoms with E-state index in [1.54, 1.807) is 24.3 Å². The van der Waals surface area contributed by atoms with Crippen molar-refractivity contribution in [2.45, 2.75) is 32.3 Å². The predicted molar refractivity (Wildman–Crippen MR) is 86.5 cm³/mol. The van der Waals surface area contributed by atoms with Crippen molar-refractivity contribution < 1.29 is 14.6 Å². The molecule has 1 aliphatic rings. The number of esters is 1. The zero-order valence-corrected chi connectivity index (χ0v) is 13.6. The fourth-order valence-electron chi connectivity index (χ4n) is 3.07. The molecule has 5 heteroatoms. The van der Waals surface area contributed by atoms with Crippen LogP contribution >= 0.6 is 0 Å². The van der Waals surface area contributed by atoms with E-state index in [2.05, 4.69) is 11.0 Å². The monoisotopic (exact) mass is 316 g/mol. The number of aliphatic hydroxyl groups excluding tert-OH is 1. The number of piperidine rings is 1. The Balaban J connectivity index is 1.86. The summed E-state index contributed by atoms with van der Waals surface area (Å²) in [6.07, 6.45) is 1.94. The van der Waals surface area contributed by atoms with Crippen molar-refractivity contribution in [3.8, 4) is 6.07 Å². The van der Waals surface area contributed by atoms with E-state index in [0.29, 0.717) is 31.1 Å². The summed E-state index contributed by atoms with van der Waals surface area (Å²) in [5.41, 5.74) is 1.41. The zero-order chi connectivity index (χ0) is 16.7. The Morgan fingerprint density at radius 3 is 2.87 bits per heavy atom. The molecular weight excluding hydrogens is 292 g/mol. The molecule has 0 unspecified atom stereocenters. The van der Waals surface area contributed by atoms with Crippen LogP contribution in [0.3, 0.4) is 0 Å². The number of hydrogen-bond donors (Lipinski definition) is 1.